The van der Waals surface area contributed by atoms with Gasteiger partial charge in [-0.25, -0.2) is 0 Å². The summed E-state index contributed by atoms with van der Waals surface area (Å²) >= 11 is 0. The van der Waals surface area contributed by atoms with Crippen LogP contribution in [0.1, 0.15) is 27.7 Å². The van der Waals surface area contributed by atoms with Crippen molar-refractivity contribution in [3.63, 3.8) is 0 Å². The Kier molecular flexibility index (Phi) is 3.53. The summed E-state index contributed by atoms with van der Waals surface area (Å²) in [4.78, 5) is 0. The van der Waals surface area contributed by atoms with E-state index in [0.29, 0.717) is 24.0 Å². The molecule has 12 heavy (non-hydrogen) atoms. The number of morpholine rings is 1. The summed E-state index contributed by atoms with van der Waals surface area (Å²) in [5.41, 5.74) is 0. The van der Waals surface area contributed by atoms with Gasteiger partial charge in [-0.3, -0.25) is 0 Å². The van der Waals surface area contributed by atoms with Crippen LogP contribution < -0.4 is 5.32 Å². The fraction of sp³-hybridized carbons (Fsp3) is 1.00. The molecule has 2 atom stereocenters. The number of rotatable bonds is 2. The second kappa shape index (κ2) is 4.24. The van der Waals surface area contributed by atoms with Crippen LogP contribution in [0.15, 0.2) is 0 Å². The molecule has 0 aromatic heterocycles. The molecule has 0 aliphatic carbocycles. The van der Waals surface area contributed by atoms with Crippen molar-refractivity contribution in [1.82, 2.24) is 5.32 Å². The molecule has 1 heterocycles. The van der Waals surface area contributed by atoms with Gasteiger partial charge in [-0.15, -0.1) is 0 Å². The van der Waals surface area contributed by atoms with E-state index in [1.54, 1.807) is 0 Å². The van der Waals surface area contributed by atoms with Crippen molar-refractivity contribution in [2.75, 3.05) is 13.1 Å². The number of ether oxygens (including phenoxy) is 1. The van der Waals surface area contributed by atoms with E-state index in [-0.39, 0.29) is 0 Å². The lowest BCUT2D eigenvalue weighted by molar-refractivity contribution is -0.0774. The molecule has 1 saturated heterocycles. The molecule has 0 saturated carbocycles. The minimum absolute atomic E-state index is 0.408. The molecule has 1 fully saturated rings. The molecule has 1 rings (SSSR count). The molecule has 0 amide bonds. The van der Waals surface area contributed by atoms with E-state index in [9.17, 15) is 0 Å². The molecule has 1 aliphatic heterocycles. The Hall–Kier alpha value is -0.0800. The minimum Gasteiger partial charge on any atom is -0.372 e. The first-order valence-corrected chi connectivity index (χ1v) is 4.97. The van der Waals surface area contributed by atoms with Gasteiger partial charge in [-0.1, -0.05) is 27.7 Å². The van der Waals surface area contributed by atoms with E-state index < -0.39 is 0 Å². The second-order valence-electron chi connectivity index (χ2n) is 4.36. The topological polar surface area (TPSA) is 21.3 Å². The zero-order valence-electron chi connectivity index (χ0n) is 8.63. The molecule has 1 aliphatic rings. The molecule has 72 valence electrons. The highest BCUT2D eigenvalue weighted by Gasteiger charge is 2.25. The molecule has 0 spiro atoms. The smallest absolute Gasteiger partial charge is 0.0726 e. The SMILES string of the molecule is CC(C)C1CNCC(C(C)C)O1. The van der Waals surface area contributed by atoms with Gasteiger partial charge >= 0.3 is 0 Å². The summed E-state index contributed by atoms with van der Waals surface area (Å²) in [6.45, 7) is 10.9. The summed E-state index contributed by atoms with van der Waals surface area (Å²) in [7, 11) is 0. The van der Waals surface area contributed by atoms with Gasteiger partial charge in [0.25, 0.3) is 0 Å². The minimum atomic E-state index is 0.408. The Balaban J connectivity index is 2.40. The Bertz CT molecular complexity index is 120. The van der Waals surface area contributed by atoms with E-state index in [1.165, 1.54) is 0 Å². The Morgan fingerprint density at radius 3 is 1.75 bits per heavy atom. The van der Waals surface area contributed by atoms with Gasteiger partial charge in [0.2, 0.25) is 0 Å². The summed E-state index contributed by atoms with van der Waals surface area (Å²) in [5.74, 6) is 1.25. The van der Waals surface area contributed by atoms with Crippen LogP contribution in [0, 0.1) is 11.8 Å². The van der Waals surface area contributed by atoms with E-state index >= 15 is 0 Å². The fourth-order valence-corrected chi connectivity index (χ4v) is 1.47. The maximum atomic E-state index is 5.95. The third-order valence-electron chi connectivity index (χ3n) is 2.53. The lowest BCUT2D eigenvalue weighted by atomic mass is 10.0. The van der Waals surface area contributed by atoms with Gasteiger partial charge in [0.1, 0.15) is 0 Å². The molecule has 2 unspecified atom stereocenters. The van der Waals surface area contributed by atoms with E-state index in [0.717, 1.165) is 13.1 Å². The fourth-order valence-electron chi connectivity index (χ4n) is 1.47. The van der Waals surface area contributed by atoms with Crippen molar-refractivity contribution in [1.29, 1.82) is 0 Å². The molecule has 1 N–H and O–H groups in total. The molecular weight excluding hydrogens is 150 g/mol. The average Bonchev–Trinajstić information content (AvgIpc) is 2.04. The summed E-state index contributed by atoms with van der Waals surface area (Å²) in [6.07, 6.45) is 0.817. The lowest BCUT2D eigenvalue weighted by Gasteiger charge is -2.35. The van der Waals surface area contributed by atoms with E-state index in [1.807, 2.05) is 0 Å². The van der Waals surface area contributed by atoms with Crippen LogP contribution in [0.5, 0.6) is 0 Å². The van der Waals surface area contributed by atoms with E-state index in [4.69, 9.17) is 4.74 Å². The van der Waals surface area contributed by atoms with Crippen molar-refractivity contribution in [3.8, 4) is 0 Å². The van der Waals surface area contributed by atoms with Crippen LogP contribution in [-0.4, -0.2) is 25.3 Å². The van der Waals surface area contributed by atoms with Crippen LogP contribution in [0.2, 0.25) is 0 Å². The highest BCUT2D eigenvalue weighted by Crippen LogP contribution is 2.16. The van der Waals surface area contributed by atoms with Crippen molar-refractivity contribution in [2.45, 2.75) is 39.9 Å². The molecule has 2 heteroatoms. The van der Waals surface area contributed by atoms with Crippen LogP contribution in [0.25, 0.3) is 0 Å². The van der Waals surface area contributed by atoms with Gasteiger partial charge in [0, 0.05) is 13.1 Å². The number of hydrogen-bond acceptors (Lipinski definition) is 2. The zero-order chi connectivity index (χ0) is 9.14. The summed E-state index contributed by atoms with van der Waals surface area (Å²) in [6, 6.07) is 0. The third kappa shape index (κ3) is 2.46. The highest BCUT2D eigenvalue weighted by molar-refractivity contribution is 4.77. The zero-order valence-corrected chi connectivity index (χ0v) is 8.63. The first-order valence-electron chi connectivity index (χ1n) is 4.97. The predicted molar refractivity (Wildman–Crippen MR) is 51.2 cm³/mol. The largest absolute Gasteiger partial charge is 0.372 e. The van der Waals surface area contributed by atoms with Crippen molar-refractivity contribution >= 4 is 0 Å². The monoisotopic (exact) mass is 171 g/mol. The average molecular weight is 171 g/mol. The Morgan fingerprint density at radius 1 is 1.00 bits per heavy atom. The maximum Gasteiger partial charge on any atom is 0.0726 e. The molecule has 0 aromatic rings. The van der Waals surface area contributed by atoms with Gasteiger partial charge < -0.3 is 10.1 Å². The molecule has 0 bridgehead atoms. The summed E-state index contributed by atoms with van der Waals surface area (Å²) < 4.78 is 5.95. The molecule has 0 aromatic carbocycles. The van der Waals surface area contributed by atoms with Gasteiger partial charge in [-0.2, -0.15) is 0 Å². The lowest BCUT2D eigenvalue weighted by Crippen LogP contribution is -2.48. The highest BCUT2D eigenvalue weighted by atomic mass is 16.5. The normalized spacial score (nSPS) is 31.5. The van der Waals surface area contributed by atoms with Crippen molar-refractivity contribution in [3.05, 3.63) is 0 Å². The maximum absolute atomic E-state index is 5.95. The standard InChI is InChI=1S/C10H21NO/c1-7(2)9-5-11-6-10(12-9)8(3)4/h7-11H,5-6H2,1-4H3. The van der Waals surface area contributed by atoms with Crippen LogP contribution in [0.3, 0.4) is 0 Å². The first-order chi connectivity index (χ1) is 5.61. The van der Waals surface area contributed by atoms with Crippen LogP contribution in [0.4, 0.5) is 0 Å². The van der Waals surface area contributed by atoms with Crippen molar-refractivity contribution in [2.24, 2.45) is 11.8 Å². The second-order valence-corrected chi connectivity index (χ2v) is 4.36. The van der Waals surface area contributed by atoms with E-state index in [2.05, 4.69) is 33.0 Å². The number of hydrogen-bond donors (Lipinski definition) is 1. The number of nitrogens with one attached hydrogen (secondary N) is 1. The first kappa shape index (κ1) is 10.0. The van der Waals surface area contributed by atoms with Gasteiger partial charge in [-0.05, 0) is 11.8 Å². The van der Waals surface area contributed by atoms with Gasteiger partial charge in [0.05, 0.1) is 12.2 Å². The Labute approximate surface area is 75.7 Å². The summed E-state index contributed by atoms with van der Waals surface area (Å²) in [5, 5.41) is 3.42. The molecule has 2 nitrogen and oxygen atoms in total. The van der Waals surface area contributed by atoms with Crippen LogP contribution >= 0.6 is 0 Å². The van der Waals surface area contributed by atoms with Crippen LogP contribution in [-0.2, 0) is 4.74 Å². The third-order valence-corrected chi connectivity index (χ3v) is 2.53. The quantitative estimate of drug-likeness (QED) is 0.682. The molecule has 0 radical (unpaired) electrons. The predicted octanol–water partition coefficient (Wildman–Crippen LogP) is 1.66. The van der Waals surface area contributed by atoms with Gasteiger partial charge in [0.15, 0.2) is 0 Å². The Morgan fingerprint density at radius 2 is 1.42 bits per heavy atom. The molecular formula is C10H21NO. The van der Waals surface area contributed by atoms with Crippen molar-refractivity contribution < 1.29 is 4.74 Å².